The van der Waals surface area contributed by atoms with Gasteiger partial charge < -0.3 is 15.0 Å². The second-order valence-electron chi connectivity index (χ2n) is 6.28. The smallest absolute Gasteiger partial charge is 0.0622 e. The third-order valence-electron chi connectivity index (χ3n) is 4.34. The van der Waals surface area contributed by atoms with E-state index in [0.717, 1.165) is 13.2 Å². The molecule has 0 aliphatic carbocycles. The van der Waals surface area contributed by atoms with Crippen molar-refractivity contribution in [1.82, 2.24) is 10.2 Å². The van der Waals surface area contributed by atoms with Gasteiger partial charge in [0.1, 0.15) is 0 Å². The summed E-state index contributed by atoms with van der Waals surface area (Å²) in [7, 11) is 2.23. The molecule has 0 radical (unpaired) electrons. The molecule has 3 nitrogen and oxygen atoms in total. The minimum absolute atomic E-state index is 0.480. The first-order chi connectivity index (χ1) is 8.45. The summed E-state index contributed by atoms with van der Waals surface area (Å²) in [4.78, 5) is 2.47. The molecule has 1 saturated heterocycles. The Morgan fingerprint density at radius 2 is 2.00 bits per heavy atom. The summed E-state index contributed by atoms with van der Waals surface area (Å²) < 4.78 is 5.61. The van der Waals surface area contributed by atoms with Gasteiger partial charge in [0.05, 0.1) is 6.61 Å². The predicted molar refractivity (Wildman–Crippen MR) is 77.9 cm³/mol. The van der Waals surface area contributed by atoms with Crippen LogP contribution >= 0.6 is 0 Å². The van der Waals surface area contributed by atoms with Gasteiger partial charge in [0.2, 0.25) is 0 Å². The second kappa shape index (κ2) is 7.46. The number of nitrogens with one attached hydrogen (secondary N) is 1. The Balaban J connectivity index is 2.51. The van der Waals surface area contributed by atoms with Crippen LogP contribution in [0.1, 0.15) is 41.0 Å². The van der Waals surface area contributed by atoms with Crippen LogP contribution in [-0.4, -0.2) is 49.8 Å². The highest BCUT2D eigenvalue weighted by molar-refractivity contribution is 4.88. The number of ether oxygens (including phenoxy) is 1. The Bertz CT molecular complexity index is 233. The Morgan fingerprint density at radius 3 is 2.56 bits per heavy atom. The molecule has 0 bridgehead atoms. The maximum atomic E-state index is 5.61. The molecule has 1 N–H and O–H groups in total. The lowest BCUT2D eigenvalue weighted by Gasteiger charge is -2.42. The normalized spacial score (nSPS) is 31.8. The summed E-state index contributed by atoms with van der Waals surface area (Å²) in [6.45, 7) is 14.1. The summed E-state index contributed by atoms with van der Waals surface area (Å²) >= 11 is 0. The summed E-state index contributed by atoms with van der Waals surface area (Å²) in [5.41, 5.74) is 0. The van der Waals surface area contributed by atoms with Crippen molar-refractivity contribution in [2.75, 3.05) is 26.8 Å². The first-order valence-corrected chi connectivity index (χ1v) is 7.49. The van der Waals surface area contributed by atoms with E-state index < -0.39 is 0 Å². The largest absolute Gasteiger partial charge is 0.380 e. The molecule has 1 aliphatic heterocycles. The van der Waals surface area contributed by atoms with Crippen LogP contribution in [0.2, 0.25) is 0 Å². The molecular weight excluding hydrogens is 224 g/mol. The number of piperidine rings is 1. The van der Waals surface area contributed by atoms with Gasteiger partial charge in [0, 0.05) is 31.3 Å². The van der Waals surface area contributed by atoms with E-state index in [-0.39, 0.29) is 0 Å². The monoisotopic (exact) mass is 256 g/mol. The van der Waals surface area contributed by atoms with Gasteiger partial charge in [0.15, 0.2) is 0 Å². The fourth-order valence-corrected chi connectivity index (χ4v) is 2.73. The molecule has 0 aromatic heterocycles. The van der Waals surface area contributed by atoms with E-state index in [4.69, 9.17) is 4.74 Å². The van der Waals surface area contributed by atoms with Crippen molar-refractivity contribution in [3.63, 3.8) is 0 Å². The highest BCUT2D eigenvalue weighted by Crippen LogP contribution is 2.22. The number of likely N-dealkylation sites (tertiary alicyclic amines) is 1. The SMILES string of the molecule is CCOCC(NC1CC(C)N(C)CC1C)C(C)C. The molecule has 4 unspecified atom stereocenters. The van der Waals surface area contributed by atoms with Crippen molar-refractivity contribution in [2.45, 2.75) is 59.2 Å². The maximum Gasteiger partial charge on any atom is 0.0622 e. The van der Waals surface area contributed by atoms with Crippen molar-refractivity contribution in [1.29, 1.82) is 0 Å². The number of rotatable bonds is 6. The van der Waals surface area contributed by atoms with Crippen LogP contribution in [0.25, 0.3) is 0 Å². The molecule has 0 spiro atoms. The van der Waals surface area contributed by atoms with Crippen LogP contribution in [0.3, 0.4) is 0 Å². The average Bonchev–Trinajstić information content (AvgIpc) is 2.30. The molecule has 108 valence electrons. The van der Waals surface area contributed by atoms with Crippen LogP contribution in [0, 0.1) is 11.8 Å². The standard InChI is InChI=1S/C15H32N2O/c1-7-18-10-15(11(2)3)16-14-8-13(5)17(6)9-12(14)4/h11-16H,7-10H2,1-6H3. The molecule has 0 amide bonds. The van der Waals surface area contributed by atoms with Gasteiger partial charge in [0.25, 0.3) is 0 Å². The fourth-order valence-electron chi connectivity index (χ4n) is 2.73. The van der Waals surface area contributed by atoms with E-state index in [0.29, 0.717) is 30.0 Å². The van der Waals surface area contributed by atoms with Gasteiger partial charge in [-0.2, -0.15) is 0 Å². The molecule has 4 atom stereocenters. The van der Waals surface area contributed by atoms with Crippen molar-refractivity contribution < 1.29 is 4.74 Å². The Labute approximate surface area is 113 Å². The number of hydrogen-bond donors (Lipinski definition) is 1. The van der Waals surface area contributed by atoms with Gasteiger partial charge >= 0.3 is 0 Å². The molecule has 18 heavy (non-hydrogen) atoms. The van der Waals surface area contributed by atoms with Crippen LogP contribution in [-0.2, 0) is 4.74 Å². The van der Waals surface area contributed by atoms with Gasteiger partial charge in [-0.3, -0.25) is 0 Å². The zero-order valence-electron chi connectivity index (χ0n) is 13.1. The molecule has 1 heterocycles. The zero-order chi connectivity index (χ0) is 13.7. The van der Waals surface area contributed by atoms with E-state index in [1.165, 1.54) is 13.0 Å². The molecule has 1 fully saturated rings. The van der Waals surface area contributed by atoms with Crippen molar-refractivity contribution in [2.24, 2.45) is 11.8 Å². The van der Waals surface area contributed by atoms with E-state index in [1.54, 1.807) is 0 Å². The average molecular weight is 256 g/mol. The highest BCUT2D eigenvalue weighted by Gasteiger charge is 2.30. The number of nitrogens with zero attached hydrogens (tertiary/aromatic N) is 1. The first kappa shape index (κ1) is 15.9. The van der Waals surface area contributed by atoms with Gasteiger partial charge in [-0.05, 0) is 39.2 Å². The first-order valence-electron chi connectivity index (χ1n) is 7.49. The molecule has 0 aromatic carbocycles. The van der Waals surface area contributed by atoms with Gasteiger partial charge in [-0.15, -0.1) is 0 Å². The van der Waals surface area contributed by atoms with E-state index >= 15 is 0 Å². The summed E-state index contributed by atoms with van der Waals surface area (Å²) in [6, 6.07) is 1.79. The lowest BCUT2D eigenvalue weighted by molar-refractivity contribution is 0.0737. The minimum atomic E-state index is 0.480. The molecule has 0 saturated carbocycles. The second-order valence-corrected chi connectivity index (χ2v) is 6.28. The Kier molecular flexibility index (Phi) is 6.61. The molecular formula is C15H32N2O. The predicted octanol–water partition coefficient (Wildman–Crippen LogP) is 2.37. The van der Waals surface area contributed by atoms with Crippen molar-refractivity contribution in [3.05, 3.63) is 0 Å². The summed E-state index contributed by atoms with van der Waals surface area (Å²) in [5.74, 6) is 1.34. The highest BCUT2D eigenvalue weighted by atomic mass is 16.5. The fraction of sp³-hybridized carbons (Fsp3) is 1.00. The lowest BCUT2D eigenvalue weighted by atomic mass is 9.88. The van der Waals surface area contributed by atoms with Crippen LogP contribution in [0.5, 0.6) is 0 Å². The maximum absolute atomic E-state index is 5.61. The van der Waals surface area contributed by atoms with E-state index in [1.807, 2.05) is 0 Å². The van der Waals surface area contributed by atoms with Crippen LogP contribution in [0.4, 0.5) is 0 Å². The lowest BCUT2D eigenvalue weighted by Crippen LogP contribution is -2.55. The van der Waals surface area contributed by atoms with Crippen molar-refractivity contribution in [3.8, 4) is 0 Å². The van der Waals surface area contributed by atoms with E-state index in [2.05, 4.69) is 51.9 Å². The Morgan fingerprint density at radius 1 is 1.33 bits per heavy atom. The number of hydrogen-bond acceptors (Lipinski definition) is 3. The Hall–Kier alpha value is -0.120. The van der Waals surface area contributed by atoms with Crippen LogP contribution < -0.4 is 5.32 Å². The molecule has 3 heteroatoms. The molecule has 1 rings (SSSR count). The topological polar surface area (TPSA) is 24.5 Å². The van der Waals surface area contributed by atoms with Gasteiger partial charge in [-0.1, -0.05) is 20.8 Å². The third kappa shape index (κ3) is 4.52. The van der Waals surface area contributed by atoms with Crippen molar-refractivity contribution >= 4 is 0 Å². The minimum Gasteiger partial charge on any atom is -0.380 e. The zero-order valence-corrected chi connectivity index (χ0v) is 13.1. The summed E-state index contributed by atoms with van der Waals surface area (Å²) in [5, 5.41) is 3.84. The third-order valence-corrected chi connectivity index (χ3v) is 4.34. The molecule has 1 aliphatic rings. The van der Waals surface area contributed by atoms with E-state index in [9.17, 15) is 0 Å². The van der Waals surface area contributed by atoms with Gasteiger partial charge in [-0.25, -0.2) is 0 Å². The quantitative estimate of drug-likeness (QED) is 0.789. The van der Waals surface area contributed by atoms with Crippen LogP contribution in [0.15, 0.2) is 0 Å². The molecule has 0 aromatic rings. The summed E-state index contributed by atoms with van der Waals surface area (Å²) in [6.07, 6.45) is 1.24.